The van der Waals surface area contributed by atoms with Gasteiger partial charge in [0.2, 0.25) is 0 Å². The maximum atomic E-state index is 12.1. The van der Waals surface area contributed by atoms with Gasteiger partial charge in [0.15, 0.2) is 5.78 Å². The molecule has 0 spiro atoms. The summed E-state index contributed by atoms with van der Waals surface area (Å²) in [6, 6.07) is 14.3. The highest BCUT2D eigenvalue weighted by Gasteiger charge is 2.09. The standard InChI is InChI=1S/C15H13Cl2NO/c1-18(14-8-6-13(17)7-9-14)10-15(19)11-2-4-12(16)5-3-11/h2-9H,10H2,1H3. The Kier molecular flexibility index (Phi) is 4.46. The monoisotopic (exact) mass is 293 g/mol. The minimum absolute atomic E-state index is 0.0501. The Labute approximate surface area is 122 Å². The molecule has 98 valence electrons. The van der Waals surface area contributed by atoms with Gasteiger partial charge in [-0.05, 0) is 48.5 Å². The van der Waals surface area contributed by atoms with Gasteiger partial charge in [0.1, 0.15) is 0 Å². The van der Waals surface area contributed by atoms with E-state index in [2.05, 4.69) is 0 Å². The van der Waals surface area contributed by atoms with Crippen LogP contribution in [0.25, 0.3) is 0 Å². The van der Waals surface area contributed by atoms with E-state index in [9.17, 15) is 4.79 Å². The maximum absolute atomic E-state index is 12.1. The Morgan fingerprint density at radius 1 is 0.947 bits per heavy atom. The highest BCUT2D eigenvalue weighted by Crippen LogP contribution is 2.17. The van der Waals surface area contributed by atoms with Crippen LogP contribution in [0.15, 0.2) is 48.5 Å². The van der Waals surface area contributed by atoms with E-state index in [1.165, 1.54) is 0 Å². The van der Waals surface area contributed by atoms with Crippen molar-refractivity contribution in [3.8, 4) is 0 Å². The van der Waals surface area contributed by atoms with Crippen LogP contribution in [0.5, 0.6) is 0 Å². The second-order valence-electron chi connectivity index (χ2n) is 4.26. The van der Waals surface area contributed by atoms with Gasteiger partial charge < -0.3 is 4.90 Å². The highest BCUT2D eigenvalue weighted by atomic mass is 35.5. The van der Waals surface area contributed by atoms with Crippen LogP contribution in [0.4, 0.5) is 5.69 Å². The molecule has 0 aliphatic heterocycles. The molecule has 4 heteroatoms. The van der Waals surface area contributed by atoms with E-state index < -0.39 is 0 Å². The summed E-state index contributed by atoms with van der Waals surface area (Å²) in [7, 11) is 1.87. The Morgan fingerprint density at radius 2 is 1.42 bits per heavy atom. The van der Waals surface area contributed by atoms with Gasteiger partial charge in [-0.2, -0.15) is 0 Å². The molecule has 19 heavy (non-hydrogen) atoms. The normalized spacial score (nSPS) is 10.3. The topological polar surface area (TPSA) is 20.3 Å². The van der Waals surface area contributed by atoms with Crippen LogP contribution in [0.1, 0.15) is 10.4 Å². The zero-order chi connectivity index (χ0) is 13.8. The minimum Gasteiger partial charge on any atom is -0.367 e. The summed E-state index contributed by atoms with van der Waals surface area (Å²) in [5.74, 6) is 0.0501. The molecule has 0 bridgehead atoms. The van der Waals surface area contributed by atoms with Gasteiger partial charge >= 0.3 is 0 Å². The maximum Gasteiger partial charge on any atom is 0.182 e. The molecule has 2 aromatic carbocycles. The third kappa shape index (κ3) is 3.72. The van der Waals surface area contributed by atoms with Crippen LogP contribution < -0.4 is 4.90 Å². The molecule has 0 saturated carbocycles. The van der Waals surface area contributed by atoms with E-state index in [1.54, 1.807) is 36.4 Å². The Balaban J connectivity index is 2.06. The number of hydrogen-bond donors (Lipinski definition) is 0. The van der Waals surface area contributed by atoms with Gasteiger partial charge in [-0.15, -0.1) is 0 Å². The first kappa shape index (κ1) is 13.9. The van der Waals surface area contributed by atoms with Gasteiger partial charge in [0.25, 0.3) is 0 Å². The molecule has 0 aromatic heterocycles. The second kappa shape index (κ2) is 6.09. The SMILES string of the molecule is CN(CC(=O)c1ccc(Cl)cc1)c1ccc(Cl)cc1. The van der Waals surface area contributed by atoms with Crippen molar-refractivity contribution in [1.29, 1.82) is 0 Å². The van der Waals surface area contributed by atoms with Crippen LogP contribution in [0.2, 0.25) is 10.0 Å². The van der Waals surface area contributed by atoms with Crippen LogP contribution >= 0.6 is 23.2 Å². The van der Waals surface area contributed by atoms with Crippen LogP contribution in [0, 0.1) is 0 Å². The fourth-order valence-electron chi connectivity index (χ4n) is 1.73. The first-order valence-electron chi connectivity index (χ1n) is 5.82. The van der Waals surface area contributed by atoms with E-state index in [0.717, 1.165) is 5.69 Å². The molecule has 2 aromatic rings. The Morgan fingerprint density at radius 3 is 1.95 bits per heavy atom. The predicted molar refractivity (Wildman–Crippen MR) is 80.5 cm³/mol. The van der Waals surface area contributed by atoms with E-state index in [0.29, 0.717) is 22.2 Å². The number of hydrogen-bond acceptors (Lipinski definition) is 2. The largest absolute Gasteiger partial charge is 0.367 e. The molecule has 0 radical (unpaired) electrons. The van der Waals surface area contributed by atoms with Crippen LogP contribution in [-0.4, -0.2) is 19.4 Å². The van der Waals surface area contributed by atoms with E-state index in [4.69, 9.17) is 23.2 Å². The Bertz CT molecular complexity index is 564. The fraction of sp³-hybridized carbons (Fsp3) is 0.133. The van der Waals surface area contributed by atoms with Gasteiger partial charge in [-0.1, -0.05) is 23.2 Å². The lowest BCUT2D eigenvalue weighted by Gasteiger charge is -2.18. The zero-order valence-corrected chi connectivity index (χ0v) is 11.9. The molecule has 0 aliphatic carbocycles. The summed E-state index contributed by atoms with van der Waals surface area (Å²) in [4.78, 5) is 14.0. The number of carbonyl (C=O) groups excluding carboxylic acids is 1. The molecule has 0 unspecified atom stereocenters. The third-order valence-corrected chi connectivity index (χ3v) is 3.32. The highest BCUT2D eigenvalue weighted by molar-refractivity contribution is 6.31. The number of halogens is 2. The van der Waals surface area contributed by atoms with Crippen molar-refractivity contribution in [3.63, 3.8) is 0 Å². The molecule has 0 amide bonds. The number of benzene rings is 2. The van der Waals surface area contributed by atoms with Gasteiger partial charge in [0, 0.05) is 28.3 Å². The van der Waals surface area contributed by atoms with Crippen LogP contribution in [-0.2, 0) is 0 Å². The smallest absolute Gasteiger partial charge is 0.182 e. The molecule has 0 heterocycles. The quantitative estimate of drug-likeness (QED) is 0.783. The first-order valence-corrected chi connectivity index (χ1v) is 6.57. The second-order valence-corrected chi connectivity index (χ2v) is 5.14. The minimum atomic E-state index is 0.0501. The lowest BCUT2D eigenvalue weighted by Crippen LogP contribution is -2.25. The number of anilines is 1. The molecule has 2 rings (SSSR count). The number of likely N-dealkylation sites (N-methyl/N-ethyl adjacent to an activating group) is 1. The Hall–Kier alpha value is -1.51. The molecular weight excluding hydrogens is 281 g/mol. The van der Waals surface area contributed by atoms with Crippen molar-refractivity contribution in [2.24, 2.45) is 0 Å². The third-order valence-electron chi connectivity index (χ3n) is 2.81. The van der Waals surface area contributed by atoms with E-state index in [-0.39, 0.29) is 5.78 Å². The van der Waals surface area contributed by atoms with Crippen molar-refractivity contribution >= 4 is 34.7 Å². The molecule has 2 nitrogen and oxygen atoms in total. The average Bonchev–Trinajstić information content (AvgIpc) is 2.40. The van der Waals surface area contributed by atoms with Crippen molar-refractivity contribution in [2.45, 2.75) is 0 Å². The van der Waals surface area contributed by atoms with Crippen molar-refractivity contribution < 1.29 is 4.79 Å². The number of rotatable bonds is 4. The lowest BCUT2D eigenvalue weighted by atomic mass is 10.1. The zero-order valence-electron chi connectivity index (χ0n) is 10.4. The predicted octanol–water partition coefficient (Wildman–Crippen LogP) is 4.31. The number of nitrogens with zero attached hydrogens (tertiary/aromatic N) is 1. The molecular formula is C15H13Cl2NO. The summed E-state index contributed by atoms with van der Waals surface area (Å²) in [6.07, 6.45) is 0. The van der Waals surface area contributed by atoms with Crippen molar-refractivity contribution in [1.82, 2.24) is 0 Å². The average molecular weight is 294 g/mol. The lowest BCUT2D eigenvalue weighted by molar-refractivity contribution is 0.100. The first-order chi connectivity index (χ1) is 9.06. The summed E-state index contributed by atoms with van der Waals surface area (Å²) < 4.78 is 0. The van der Waals surface area contributed by atoms with E-state index in [1.807, 2.05) is 24.1 Å². The van der Waals surface area contributed by atoms with E-state index >= 15 is 0 Å². The number of Topliss-reactive ketones (excluding diaryl/α,β-unsaturated/α-hetero) is 1. The van der Waals surface area contributed by atoms with Gasteiger partial charge in [0.05, 0.1) is 6.54 Å². The summed E-state index contributed by atoms with van der Waals surface area (Å²) in [5, 5.41) is 1.31. The summed E-state index contributed by atoms with van der Waals surface area (Å²) in [5.41, 5.74) is 1.61. The van der Waals surface area contributed by atoms with Crippen LogP contribution in [0.3, 0.4) is 0 Å². The molecule has 0 fully saturated rings. The number of carbonyl (C=O) groups is 1. The fourth-order valence-corrected chi connectivity index (χ4v) is 1.98. The molecule has 0 aliphatic rings. The summed E-state index contributed by atoms with van der Waals surface area (Å²) >= 11 is 11.6. The van der Waals surface area contributed by atoms with Gasteiger partial charge in [-0.25, -0.2) is 0 Å². The van der Waals surface area contributed by atoms with Crippen molar-refractivity contribution in [2.75, 3.05) is 18.5 Å². The van der Waals surface area contributed by atoms with Gasteiger partial charge in [-0.3, -0.25) is 4.79 Å². The van der Waals surface area contributed by atoms with Crippen molar-refractivity contribution in [3.05, 3.63) is 64.1 Å². The molecule has 0 atom stereocenters. The summed E-state index contributed by atoms with van der Waals surface area (Å²) in [6.45, 7) is 0.309. The molecule has 0 N–H and O–H groups in total. The number of ketones is 1. The molecule has 0 saturated heterocycles.